The predicted octanol–water partition coefficient (Wildman–Crippen LogP) is 3.08. The van der Waals surface area contributed by atoms with E-state index in [2.05, 4.69) is 10.3 Å². The van der Waals surface area contributed by atoms with Crippen molar-refractivity contribution in [2.75, 3.05) is 12.4 Å². The van der Waals surface area contributed by atoms with E-state index >= 15 is 0 Å². The number of nitrogens with one attached hydrogen (secondary N) is 1. The van der Waals surface area contributed by atoms with Gasteiger partial charge in [-0.15, -0.1) is 0 Å². The topological polar surface area (TPSA) is 79.3 Å². The molecule has 0 spiro atoms. The first-order valence-electron chi connectivity index (χ1n) is 6.62. The van der Waals surface area contributed by atoms with Gasteiger partial charge >= 0.3 is 5.97 Å². The summed E-state index contributed by atoms with van der Waals surface area (Å²) in [5.41, 5.74) is 2.27. The van der Waals surface area contributed by atoms with Gasteiger partial charge in [-0.05, 0) is 24.3 Å². The number of anilines is 1. The number of ketones is 1. The molecule has 0 radical (unpaired) electrons. The number of hydrogen-bond acceptors (Lipinski definition) is 4. The number of carboxylic acid groups (broad SMARTS) is 1. The van der Waals surface area contributed by atoms with Gasteiger partial charge in [0.05, 0.1) is 16.8 Å². The molecule has 0 saturated carbocycles. The van der Waals surface area contributed by atoms with Crippen LogP contribution < -0.4 is 5.32 Å². The van der Waals surface area contributed by atoms with Crippen LogP contribution in [0, 0.1) is 0 Å². The molecular weight excluding hydrogens is 268 g/mol. The van der Waals surface area contributed by atoms with E-state index in [0.717, 1.165) is 5.56 Å². The Morgan fingerprint density at radius 3 is 2.33 bits per heavy atom. The number of aromatic carboxylic acids is 1. The normalized spacial score (nSPS) is 10.2. The van der Waals surface area contributed by atoms with E-state index < -0.39 is 5.97 Å². The third kappa shape index (κ3) is 3.08. The van der Waals surface area contributed by atoms with Crippen molar-refractivity contribution in [2.45, 2.75) is 13.3 Å². The number of benzene rings is 1. The Balaban J connectivity index is 2.40. The van der Waals surface area contributed by atoms with Crippen LogP contribution in [0.2, 0.25) is 0 Å². The molecule has 5 heteroatoms. The zero-order valence-corrected chi connectivity index (χ0v) is 11.9. The minimum absolute atomic E-state index is 0.0274. The van der Waals surface area contributed by atoms with E-state index in [1.165, 1.54) is 12.1 Å². The number of Topliss-reactive ketones (excluding diaryl/α,β-unsaturated/α-hetero) is 1. The lowest BCUT2D eigenvalue weighted by Gasteiger charge is -2.09. The van der Waals surface area contributed by atoms with E-state index in [-0.39, 0.29) is 11.3 Å². The van der Waals surface area contributed by atoms with Crippen LogP contribution in [0.25, 0.3) is 11.3 Å². The average Bonchev–Trinajstić information content (AvgIpc) is 2.53. The summed E-state index contributed by atoms with van der Waals surface area (Å²) in [7, 11) is 1.71. The SMILES string of the molecule is CCC(=O)c1ccc(-c2ccc(C(=O)O)cc2)nc1NC. The first-order valence-corrected chi connectivity index (χ1v) is 6.62. The van der Waals surface area contributed by atoms with Gasteiger partial charge in [0.15, 0.2) is 5.78 Å². The zero-order valence-electron chi connectivity index (χ0n) is 11.9. The molecule has 5 nitrogen and oxygen atoms in total. The van der Waals surface area contributed by atoms with Crippen LogP contribution in [0.1, 0.15) is 34.1 Å². The molecule has 2 rings (SSSR count). The first kappa shape index (κ1) is 14.7. The van der Waals surface area contributed by atoms with Crippen LogP contribution in [0.3, 0.4) is 0 Å². The van der Waals surface area contributed by atoms with Gasteiger partial charge in [0, 0.05) is 19.0 Å². The number of carbonyl (C=O) groups excluding carboxylic acids is 1. The molecule has 1 heterocycles. The number of aromatic nitrogens is 1. The molecule has 0 aliphatic rings. The fourth-order valence-electron chi connectivity index (χ4n) is 2.01. The van der Waals surface area contributed by atoms with Gasteiger partial charge < -0.3 is 10.4 Å². The number of carbonyl (C=O) groups is 2. The lowest BCUT2D eigenvalue weighted by molar-refractivity contribution is 0.0696. The summed E-state index contributed by atoms with van der Waals surface area (Å²) in [6.07, 6.45) is 0.420. The largest absolute Gasteiger partial charge is 0.478 e. The van der Waals surface area contributed by atoms with Crippen molar-refractivity contribution in [3.05, 3.63) is 47.5 Å². The van der Waals surface area contributed by atoms with Crippen LogP contribution in [0.5, 0.6) is 0 Å². The molecule has 0 unspecified atom stereocenters. The van der Waals surface area contributed by atoms with Gasteiger partial charge in [-0.3, -0.25) is 4.79 Å². The van der Waals surface area contributed by atoms with Gasteiger partial charge in [-0.25, -0.2) is 9.78 Å². The van der Waals surface area contributed by atoms with Crippen molar-refractivity contribution >= 4 is 17.6 Å². The summed E-state index contributed by atoms with van der Waals surface area (Å²) in [4.78, 5) is 27.1. The highest BCUT2D eigenvalue weighted by molar-refractivity contribution is 6.00. The number of nitrogens with zero attached hydrogens (tertiary/aromatic N) is 1. The van der Waals surface area contributed by atoms with Gasteiger partial charge in [-0.1, -0.05) is 19.1 Å². The lowest BCUT2D eigenvalue weighted by atomic mass is 10.1. The van der Waals surface area contributed by atoms with E-state index in [9.17, 15) is 9.59 Å². The Hall–Kier alpha value is -2.69. The highest BCUT2D eigenvalue weighted by Crippen LogP contribution is 2.23. The Morgan fingerprint density at radius 1 is 1.14 bits per heavy atom. The Bertz CT molecular complexity index is 678. The lowest BCUT2D eigenvalue weighted by Crippen LogP contribution is -2.05. The maximum atomic E-state index is 11.8. The zero-order chi connectivity index (χ0) is 15.4. The fourth-order valence-corrected chi connectivity index (χ4v) is 2.01. The molecule has 0 fully saturated rings. The maximum absolute atomic E-state index is 11.8. The molecule has 0 atom stereocenters. The van der Waals surface area contributed by atoms with Gasteiger partial charge in [0.2, 0.25) is 0 Å². The number of carboxylic acids is 1. The molecule has 0 aliphatic carbocycles. The third-order valence-electron chi connectivity index (χ3n) is 3.18. The summed E-state index contributed by atoms with van der Waals surface area (Å²) in [5, 5.41) is 11.8. The van der Waals surface area contributed by atoms with Crippen LogP contribution in [0.4, 0.5) is 5.82 Å². The molecule has 1 aromatic heterocycles. The Morgan fingerprint density at radius 2 is 1.81 bits per heavy atom. The molecule has 108 valence electrons. The monoisotopic (exact) mass is 284 g/mol. The Kier molecular flexibility index (Phi) is 4.33. The summed E-state index contributed by atoms with van der Waals surface area (Å²) in [5.74, 6) is -0.407. The number of rotatable bonds is 5. The van der Waals surface area contributed by atoms with E-state index in [1.54, 1.807) is 38.2 Å². The van der Waals surface area contributed by atoms with Crippen molar-refractivity contribution < 1.29 is 14.7 Å². The second-order valence-corrected chi connectivity index (χ2v) is 4.50. The van der Waals surface area contributed by atoms with Crippen molar-refractivity contribution in [2.24, 2.45) is 0 Å². The second-order valence-electron chi connectivity index (χ2n) is 4.50. The molecule has 0 aliphatic heterocycles. The van der Waals surface area contributed by atoms with Gasteiger partial charge in [0.1, 0.15) is 5.82 Å². The molecule has 2 N–H and O–H groups in total. The highest BCUT2D eigenvalue weighted by atomic mass is 16.4. The summed E-state index contributed by atoms with van der Waals surface area (Å²) in [6, 6.07) is 9.97. The van der Waals surface area contributed by atoms with Crippen LogP contribution in [-0.2, 0) is 0 Å². The molecule has 0 saturated heterocycles. The van der Waals surface area contributed by atoms with Gasteiger partial charge in [0.25, 0.3) is 0 Å². The molecule has 1 aromatic carbocycles. The van der Waals surface area contributed by atoms with Crippen molar-refractivity contribution in [1.82, 2.24) is 4.98 Å². The fraction of sp³-hybridized carbons (Fsp3) is 0.188. The van der Waals surface area contributed by atoms with Crippen LogP contribution in [-0.4, -0.2) is 28.9 Å². The quantitative estimate of drug-likeness (QED) is 0.825. The van der Waals surface area contributed by atoms with Crippen LogP contribution in [0.15, 0.2) is 36.4 Å². The van der Waals surface area contributed by atoms with Crippen molar-refractivity contribution in [3.8, 4) is 11.3 Å². The molecule has 21 heavy (non-hydrogen) atoms. The second kappa shape index (κ2) is 6.17. The molecule has 2 aromatic rings. The van der Waals surface area contributed by atoms with E-state index in [1.807, 2.05) is 0 Å². The third-order valence-corrected chi connectivity index (χ3v) is 3.18. The highest BCUT2D eigenvalue weighted by Gasteiger charge is 2.12. The summed E-state index contributed by atoms with van der Waals surface area (Å²) < 4.78 is 0. The smallest absolute Gasteiger partial charge is 0.335 e. The standard InChI is InChI=1S/C16H16N2O3/c1-3-14(19)12-8-9-13(18-15(12)17-2)10-4-6-11(7-5-10)16(20)21/h4-9H,3H2,1-2H3,(H,17,18)(H,20,21). The first-order chi connectivity index (χ1) is 10.1. The minimum atomic E-state index is -0.964. The molecular formula is C16H16N2O3. The summed E-state index contributed by atoms with van der Waals surface area (Å²) in [6.45, 7) is 1.81. The molecule has 0 bridgehead atoms. The van der Waals surface area contributed by atoms with Crippen LogP contribution >= 0.6 is 0 Å². The van der Waals surface area contributed by atoms with Gasteiger partial charge in [-0.2, -0.15) is 0 Å². The van der Waals surface area contributed by atoms with E-state index in [0.29, 0.717) is 23.5 Å². The molecule has 0 amide bonds. The number of hydrogen-bond donors (Lipinski definition) is 2. The average molecular weight is 284 g/mol. The van der Waals surface area contributed by atoms with E-state index in [4.69, 9.17) is 5.11 Å². The predicted molar refractivity (Wildman–Crippen MR) is 80.8 cm³/mol. The number of pyridine rings is 1. The Labute approximate surface area is 122 Å². The maximum Gasteiger partial charge on any atom is 0.335 e. The van der Waals surface area contributed by atoms with Crippen molar-refractivity contribution in [1.29, 1.82) is 0 Å². The minimum Gasteiger partial charge on any atom is -0.478 e. The van der Waals surface area contributed by atoms with Crippen molar-refractivity contribution in [3.63, 3.8) is 0 Å². The summed E-state index contributed by atoms with van der Waals surface area (Å²) >= 11 is 0.